The highest BCUT2D eigenvalue weighted by atomic mass is 32.2. The molecular formula is C24H32N2O5S. The van der Waals surface area contributed by atoms with Crippen LogP contribution in [0.1, 0.15) is 44.6 Å². The molecule has 1 aliphatic carbocycles. The maximum atomic E-state index is 12.5. The first kappa shape index (κ1) is 24.1. The van der Waals surface area contributed by atoms with Crippen molar-refractivity contribution in [3.63, 3.8) is 0 Å². The molecule has 2 aromatic rings. The molecule has 1 atom stereocenters. The van der Waals surface area contributed by atoms with E-state index in [1.54, 1.807) is 26.2 Å². The van der Waals surface area contributed by atoms with Crippen molar-refractivity contribution in [2.24, 2.45) is 0 Å². The molecule has 0 bridgehead atoms. The van der Waals surface area contributed by atoms with Gasteiger partial charge in [-0.2, -0.15) is 0 Å². The number of rotatable bonds is 10. The Hall–Kier alpha value is -2.58. The first-order valence-electron chi connectivity index (χ1n) is 11.1. The number of hydrogen-bond donors (Lipinski definition) is 2. The highest BCUT2D eigenvalue weighted by Gasteiger charge is 2.21. The Kier molecular flexibility index (Phi) is 8.53. The molecule has 0 aromatic heterocycles. The van der Waals surface area contributed by atoms with E-state index >= 15 is 0 Å². The number of carbonyl (C=O) groups is 1. The van der Waals surface area contributed by atoms with Gasteiger partial charge in [-0.1, -0.05) is 31.4 Å². The van der Waals surface area contributed by atoms with Crippen LogP contribution in [0.2, 0.25) is 0 Å². The van der Waals surface area contributed by atoms with Gasteiger partial charge in [0.15, 0.2) is 6.10 Å². The lowest BCUT2D eigenvalue weighted by atomic mass is 9.95. The number of hydrogen-bond acceptors (Lipinski definition) is 5. The third-order valence-electron chi connectivity index (χ3n) is 5.63. The van der Waals surface area contributed by atoms with Crippen molar-refractivity contribution in [3.8, 4) is 11.5 Å². The summed E-state index contributed by atoms with van der Waals surface area (Å²) in [7, 11) is -2.03. The normalized spacial score (nSPS) is 15.7. The summed E-state index contributed by atoms with van der Waals surface area (Å²) in [5.74, 6) is 1.07. The van der Waals surface area contributed by atoms with E-state index in [0.717, 1.165) is 37.0 Å². The van der Waals surface area contributed by atoms with Crippen molar-refractivity contribution in [2.45, 2.75) is 62.5 Å². The van der Waals surface area contributed by atoms with Gasteiger partial charge in [-0.25, -0.2) is 13.1 Å². The highest BCUT2D eigenvalue weighted by molar-refractivity contribution is 7.89. The Morgan fingerprint density at radius 2 is 1.62 bits per heavy atom. The third kappa shape index (κ3) is 6.97. The van der Waals surface area contributed by atoms with E-state index in [1.807, 2.05) is 24.3 Å². The quantitative estimate of drug-likeness (QED) is 0.567. The van der Waals surface area contributed by atoms with Crippen molar-refractivity contribution in [1.29, 1.82) is 0 Å². The molecule has 2 aromatic carbocycles. The van der Waals surface area contributed by atoms with Crippen molar-refractivity contribution in [1.82, 2.24) is 10.0 Å². The molecule has 0 saturated heterocycles. The minimum absolute atomic E-state index is 0.145. The molecule has 8 heteroatoms. The van der Waals surface area contributed by atoms with Gasteiger partial charge in [0.05, 0.1) is 12.0 Å². The molecule has 1 saturated carbocycles. The van der Waals surface area contributed by atoms with E-state index in [0.29, 0.717) is 12.2 Å². The predicted molar refractivity (Wildman–Crippen MR) is 123 cm³/mol. The summed E-state index contributed by atoms with van der Waals surface area (Å²) in [5, 5.41) is 3.04. The average molecular weight is 461 g/mol. The SMILES string of the molecule is COc1ccc(CCNS(=O)(=O)c2ccc(O[C@H](C)C(=O)NC3CCCCC3)cc2)cc1. The summed E-state index contributed by atoms with van der Waals surface area (Å²) in [6, 6.07) is 13.8. The molecule has 0 radical (unpaired) electrons. The summed E-state index contributed by atoms with van der Waals surface area (Å²) in [4.78, 5) is 12.5. The van der Waals surface area contributed by atoms with Gasteiger partial charge in [0.25, 0.3) is 5.91 Å². The number of sulfonamides is 1. The fourth-order valence-corrected chi connectivity index (χ4v) is 4.76. The lowest BCUT2D eigenvalue weighted by Crippen LogP contribution is -2.43. The van der Waals surface area contributed by atoms with E-state index in [1.165, 1.54) is 18.6 Å². The zero-order chi connectivity index (χ0) is 23.0. The van der Waals surface area contributed by atoms with E-state index in [-0.39, 0.29) is 23.4 Å². The molecule has 1 fully saturated rings. The van der Waals surface area contributed by atoms with Gasteiger partial charge in [-0.05, 0) is 68.1 Å². The van der Waals surface area contributed by atoms with Crippen LogP contribution < -0.4 is 19.5 Å². The topological polar surface area (TPSA) is 93.7 Å². The third-order valence-corrected chi connectivity index (χ3v) is 7.11. The van der Waals surface area contributed by atoms with E-state index in [9.17, 15) is 13.2 Å². The Morgan fingerprint density at radius 1 is 1.00 bits per heavy atom. The molecular weight excluding hydrogens is 428 g/mol. The van der Waals surface area contributed by atoms with Crippen molar-refractivity contribution in [2.75, 3.05) is 13.7 Å². The number of amides is 1. The highest BCUT2D eigenvalue weighted by Crippen LogP contribution is 2.19. The minimum atomic E-state index is -3.63. The Labute approximate surface area is 190 Å². The summed E-state index contributed by atoms with van der Waals surface area (Å²) >= 11 is 0. The molecule has 0 unspecified atom stereocenters. The van der Waals surface area contributed by atoms with Crippen LogP contribution in [0.15, 0.2) is 53.4 Å². The van der Waals surface area contributed by atoms with Crippen LogP contribution in [0, 0.1) is 0 Å². The molecule has 7 nitrogen and oxygen atoms in total. The molecule has 32 heavy (non-hydrogen) atoms. The van der Waals surface area contributed by atoms with Crippen LogP contribution >= 0.6 is 0 Å². The Morgan fingerprint density at radius 3 is 2.25 bits per heavy atom. The van der Waals surface area contributed by atoms with Crippen molar-refractivity contribution < 1.29 is 22.7 Å². The maximum Gasteiger partial charge on any atom is 0.260 e. The molecule has 1 amide bonds. The summed E-state index contributed by atoms with van der Waals surface area (Å²) in [6.07, 6.45) is 5.45. The summed E-state index contributed by atoms with van der Waals surface area (Å²) in [5.41, 5.74) is 1.01. The predicted octanol–water partition coefficient (Wildman–Crippen LogP) is 3.43. The lowest BCUT2D eigenvalue weighted by molar-refractivity contribution is -0.128. The van der Waals surface area contributed by atoms with Crippen molar-refractivity contribution >= 4 is 15.9 Å². The molecule has 0 spiro atoms. The van der Waals surface area contributed by atoms with Gasteiger partial charge in [0.1, 0.15) is 11.5 Å². The van der Waals surface area contributed by atoms with Gasteiger partial charge < -0.3 is 14.8 Å². The molecule has 1 aliphatic rings. The number of carbonyl (C=O) groups excluding carboxylic acids is 1. The van der Waals surface area contributed by atoms with Crippen molar-refractivity contribution in [3.05, 3.63) is 54.1 Å². The Balaban J connectivity index is 1.48. The Bertz CT molecular complexity index is 968. The van der Waals surface area contributed by atoms with Crippen LogP contribution in [0.25, 0.3) is 0 Å². The smallest absolute Gasteiger partial charge is 0.260 e. The van der Waals surface area contributed by atoms with Gasteiger partial charge in [0, 0.05) is 12.6 Å². The van der Waals surface area contributed by atoms with E-state index in [4.69, 9.17) is 9.47 Å². The number of methoxy groups -OCH3 is 1. The second-order valence-corrected chi connectivity index (χ2v) is 9.84. The zero-order valence-electron chi connectivity index (χ0n) is 18.7. The molecule has 0 aliphatic heterocycles. The van der Waals surface area contributed by atoms with Crippen LogP contribution in [0.4, 0.5) is 0 Å². The summed E-state index contributed by atoms with van der Waals surface area (Å²) in [6.45, 7) is 1.98. The van der Waals surface area contributed by atoms with Gasteiger partial charge >= 0.3 is 0 Å². The van der Waals surface area contributed by atoms with Gasteiger partial charge in [0.2, 0.25) is 10.0 Å². The number of ether oxygens (including phenoxy) is 2. The second kappa shape index (κ2) is 11.3. The molecule has 3 rings (SSSR count). The van der Waals surface area contributed by atoms with Crippen LogP contribution in [0.3, 0.4) is 0 Å². The second-order valence-electron chi connectivity index (χ2n) is 8.07. The fourth-order valence-electron chi connectivity index (χ4n) is 3.73. The van der Waals surface area contributed by atoms with Crippen LogP contribution in [-0.4, -0.2) is 40.1 Å². The van der Waals surface area contributed by atoms with Gasteiger partial charge in [-0.3, -0.25) is 4.79 Å². The first-order valence-corrected chi connectivity index (χ1v) is 12.6. The van der Waals surface area contributed by atoms with Crippen LogP contribution in [0.5, 0.6) is 11.5 Å². The summed E-state index contributed by atoms with van der Waals surface area (Å²) < 4.78 is 38.5. The first-order chi connectivity index (χ1) is 15.4. The fraction of sp³-hybridized carbons (Fsp3) is 0.458. The molecule has 2 N–H and O–H groups in total. The standard InChI is InChI=1S/C24H32N2O5S/c1-18(24(27)26-20-6-4-3-5-7-20)31-22-12-14-23(15-13-22)32(28,29)25-17-16-19-8-10-21(30-2)11-9-19/h8-15,18,20,25H,3-7,16-17H2,1-2H3,(H,26,27)/t18-/m1/s1. The van der Waals surface area contributed by atoms with Crippen LogP contribution in [-0.2, 0) is 21.2 Å². The van der Waals surface area contributed by atoms with E-state index in [2.05, 4.69) is 10.0 Å². The lowest BCUT2D eigenvalue weighted by Gasteiger charge is -2.24. The minimum Gasteiger partial charge on any atom is -0.497 e. The largest absolute Gasteiger partial charge is 0.497 e. The average Bonchev–Trinajstić information content (AvgIpc) is 2.80. The van der Waals surface area contributed by atoms with Gasteiger partial charge in [-0.15, -0.1) is 0 Å². The zero-order valence-corrected chi connectivity index (χ0v) is 19.5. The van der Waals surface area contributed by atoms with E-state index < -0.39 is 16.1 Å². The molecule has 0 heterocycles. The molecule has 174 valence electrons. The number of nitrogens with one attached hydrogen (secondary N) is 2. The number of benzene rings is 2. The maximum absolute atomic E-state index is 12.5. The monoisotopic (exact) mass is 460 g/mol.